The zero-order chi connectivity index (χ0) is 54.3. The van der Waals surface area contributed by atoms with Gasteiger partial charge < -0.3 is 18.5 Å². The van der Waals surface area contributed by atoms with Crippen LogP contribution in [0.1, 0.15) is 22.3 Å². The highest BCUT2D eigenvalue weighted by Gasteiger charge is 2.52. The van der Waals surface area contributed by atoms with Gasteiger partial charge in [-0.25, -0.2) is 0 Å². The lowest BCUT2D eigenvalue weighted by molar-refractivity contribution is 0.670. The van der Waals surface area contributed by atoms with Crippen LogP contribution in [0.2, 0.25) is 0 Å². The Morgan fingerprint density at radius 1 is 0.289 bits per heavy atom. The smallest absolute Gasteiger partial charge is 0.159 e. The quantitative estimate of drug-likeness (QED) is 0.159. The van der Waals surface area contributed by atoms with Gasteiger partial charge in [0.15, 0.2) is 5.58 Å². The molecule has 18 rings (SSSR count). The number of benzene rings is 13. The van der Waals surface area contributed by atoms with Crippen LogP contribution in [0.15, 0.2) is 302 Å². The number of furan rings is 1. The molecule has 0 N–H and O–H groups in total. The Morgan fingerprint density at radius 3 is 1.58 bits per heavy atom. The molecule has 0 bridgehead atoms. The van der Waals surface area contributed by atoms with Gasteiger partial charge in [0, 0.05) is 60.6 Å². The van der Waals surface area contributed by atoms with Crippen molar-refractivity contribution < 1.29 is 4.42 Å². The number of rotatable bonds is 7. The minimum Gasteiger partial charge on any atom is -0.453 e. The van der Waals surface area contributed by atoms with E-state index in [9.17, 15) is 0 Å². The fourth-order valence-electron chi connectivity index (χ4n) is 14.7. The van der Waals surface area contributed by atoms with E-state index in [-0.39, 0.29) is 0 Å². The first-order valence-corrected chi connectivity index (χ1v) is 28.7. The highest BCUT2D eigenvalue weighted by atomic mass is 16.3. The lowest BCUT2D eigenvalue weighted by Crippen LogP contribution is -2.26. The third-order valence-electron chi connectivity index (χ3n) is 18.1. The van der Waals surface area contributed by atoms with Crippen molar-refractivity contribution in [3.63, 3.8) is 0 Å². The number of hydrogen-bond donors (Lipinski definition) is 0. The van der Waals surface area contributed by atoms with E-state index in [1.165, 1.54) is 88.1 Å². The molecule has 1 unspecified atom stereocenters. The van der Waals surface area contributed by atoms with E-state index in [1.807, 2.05) is 0 Å². The Morgan fingerprint density at radius 2 is 0.819 bits per heavy atom. The summed E-state index contributed by atoms with van der Waals surface area (Å²) in [5, 5.41) is 7.15. The predicted molar refractivity (Wildman–Crippen MR) is 344 cm³/mol. The second-order valence-corrected chi connectivity index (χ2v) is 22.2. The van der Waals surface area contributed by atoms with Gasteiger partial charge in [-0.15, -0.1) is 0 Å². The van der Waals surface area contributed by atoms with Crippen molar-refractivity contribution in [3.8, 4) is 55.9 Å². The van der Waals surface area contributed by atoms with E-state index in [2.05, 4.69) is 311 Å². The van der Waals surface area contributed by atoms with Crippen LogP contribution in [0.5, 0.6) is 0 Å². The van der Waals surface area contributed by atoms with Crippen molar-refractivity contribution in [1.29, 1.82) is 0 Å². The third-order valence-corrected chi connectivity index (χ3v) is 18.1. The molecular formula is C79H49N3O. The van der Waals surface area contributed by atoms with Crippen molar-refractivity contribution >= 4 is 82.6 Å². The lowest BCUT2D eigenvalue weighted by atomic mass is 9.70. The summed E-state index contributed by atoms with van der Waals surface area (Å²) in [6.07, 6.45) is 0. The molecule has 2 aliphatic rings. The van der Waals surface area contributed by atoms with Gasteiger partial charge in [0.25, 0.3) is 0 Å². The Balaban J connectivity index is 0.865. The number of para-hydroxylation sites is 6. The molecule has 0 aliphatic heterocycles. The minimum absolute atomic E-state index is 0.619. The fraction of sp³-hybridized carbons (Fsp3) is 0.0127. The Hall–Kier alpha value is -10.9. The maximum Gasteiger partial charge on any atom is 0.159 e. The van der Waals surface area contributed by atoms with Crippen molar-refractivity contribution in [3.05, 3.63) is 320 Å². The van der Waals surface area contributed by atoms with Gasteiger partial charge in [-0.3, -0.25) is 0 Å². The van der Waals surface area contributed by atoms with Crippen molar-refractivity contribution in [2.24, 2.45) is 0 Å². The third kappa shape index (κ3) is 6.40. The molecule has 2 aliphatic carbocycles. The molecule has 13 aromatic carbocycles. The van der Waals surface area contributed by atoms with E-state index in [4.69, 9.17) is 4.42 Å². The molecule has 0 saturated carbocycles. The first kappa shape index (κ1) is 45.9. The monoisotopic (exact) mass is 1060 g/mol. The predicted octanol–water partition coefficient (Wildman–Crippen LogP) is 20.9. The molecule has 386 valence electrons. The first-order chi connectivity index (χ1) is 41.2. The molecule has 1 spiro atoms. The molecule has 0 saturated heterocycles. The number of fused-ring (bicyclic) bond motifs is 20. The maximum atomic E-state index is 7.29. The van der Waals surface area contributed by atoms with Gasteiger partial charge in [-0.1, -0.05) is 212 Å². The first-order valence-electron chi connectivity index (χ1n) is 28.7. The molecule has 83 heavy (non-hydrogen) atoms. The van der Waals surface area contributed by atoms with Gasteiger partial charge in [0.1, 0.15) is 5.58 Å². The van der Waals surface area contributed by atoms with Gasteiger partial charge in [0.05, 0.1) is 33.2 Å². The molecular weight excluding hydrogens is 1010 g/mol. The molecule has 0 fully saturated rings. The standard InChI is InChI=1S/C79H49N3O/c1-4-20-51(21-5-1)57-30-18-31-61-62-32-19-37-74(78(62)83-77(57)61)80(55-41-38-50(39-42-55)52-40-46-72-65(48-52)60-27-12-16-35-70(60)81(72)53-22-6-2-7-23-53)56-43-44-59-58-26-10-14-33-66(58)79(69(59)49-56)67-34-15-11-28-63(67)75-68(79)45-47-73-76(75)64-29-13-17-36-71(64)82(73)54-24-8-3-9-25-54/h1-49H. The van der Waals surface area contributed by atoms with E-state index in [1.54, 1.807) is 0 Å². The molecule has 0 amide bonds. The highest BCUT2D eigenvalue weighted by Crippen LogP contribution is 2.65. The fourth-order valence-corrected chi connectivity index (χ4v) is 14.7. The van der Waals surface area contributed by atoms with Crippen LogP contribution in [0, 0.1) is 0 Å². The van der Waals surface area contributed by atoms with Crippen LogP contribution in [-0.2, 0) is 5.41 Å². The van der Waals surface area contributed by atoms with Crippen LogP contribution >= 0.6 is 0 Å². The number of anilines is 3. The van der Waals surface area contributed by atoms with E-state index in [0.717, 1.165) is 72.6 Å². The average molecular weight is 1060 g/mol. The number of aromatic nitrogens is 2. The Bertz CT molecular complexity index is 5320. The summed E-state index contributed by atoms with van der Waals surface area (Å²) in [5.74, 6) is 0. The van der Waals surface area contributed by atoms with Crippen molar-refractivity contribution in [2.75, 3.05) is 4.90 Å². The van der Waals surface area contributed by atoms with Gasteiger partial charge >= 0.3 is 0 Å². The number of hydrogen-bond acceptors (Lipinski definition) is 2. The van der Waals surface area contributed by atoms with Crippen molar-refractivity contribution in [1.82, 2.24) is 9.13 Å². The summed E-state index contributed by atoms with van der Waals surface area (Å²) in [4.78, 5) is 2.43. The second kappa shape index (κ2) is 17.5. The molecule has 16 aromatic rings. The highest BCUT2D eigenvalue weighted by molar-refractivity contribution is 6.19. The summed E-state index contributed by atoms with van der Waals surface area (Å²) < 4.78 is 12.1. The molecule has 0 radical (unpaired) electrons. The van der Waals surface area contributed by atoms with E-state index in [0.29, 0.717) is 0 Å². The zero-order valence-electron chi connectivity index (χ0n) is 45.0. The van der Waals surface area contributed by atoms with Crippen LogP contribution in [0.4, 0.5) is 17.1 Å². The van der Waals surface area contributed by atoms with Crippen molar-refractivity contribution in [2.45, 2.75) is 5.41 Å². The van der Waals surface area contributed by atoms with Crippen LogP contribution in [0.3, 0.4) is 0 Å². The topological polar surface area (TPSA) is 26.2 Å². The average Bonchev–Trinajstić information content (AvgIpc) is 1.82. The van der Waals surface area contributed by atoms with Crippen LogP contribution < -0.4 is 4.90 Å². The Kier molecular flexibility index (Phi) is 9.69. The second-order valence-electron chi connectivity index (χ2n) is 22.2. The summed E-state index contributed by atoms with van der Waals surface area (Å²) >= 11 is 0. The summed E-state index contributed by atoms with van der Waals surface area (Å²) in [6, 6.07) is 109. The van der Waals surface area contributed by atoms with Gasteiger partial charge in [-0.05, 0) is 146 Å². The van der Waals surface area contributed by atoms with E-state index < -0.39 is 5.41 Å². The molecule has 1 atom stereocenters. The summed E-state index contributed by atoms with van der Waals surface area (Å²) in [6.45, 7) is 0. The number of nitrogens with zero attached hydrogens (tertiary/aromatic N) is 3. The SMILES string of the molecule is c1ccc(-c2cccc3c2oc2c(N(c4ccc(-c5ccc6c(c5)c5ccccc5n6-c5ccccc5)cc4)c4ccc5c(c4)C4(c6ccccc6-5)c5ccccc5-c5c4ccc4c5c5ccccc5n4-c4ccccc4)cccc23)cc1. The van der Waals surface area contributed by atoms with Crippen LogP contribution in [0.25, 0.3) is 121 Å². The maximum absolute atomic E-state index is 7.29. The zero-order valence-corrected chi connectivity index (χ0v) is 45.0. The lowest BCUT2D eigenvalue weighted by Gasteiger charge is -2.32. The summed E-state index contributed by atoms with van der Waals surface area (Å²) in [7, 11) is 0. The summed E-state index contributed by atoms with van der Waals surface area (Å²) in [5.41, 5.74) is 26.0. The van der Waals surface area contributed by atoms with Crippen LogP contribution in [-0.4, -0.2) is 9.13 Å². The Labute approximate surface area is 479 Å². The van der Waals surface area contributed by atoms with Gasteiger partial charge in [0.2, 0.25) is 0 Å². The molecule has 3 aromatic heterocycles. The minimum atomic E-state index is -0.619. The van der Waals surface area contributed by atoms with E-state index >= 15 is 0 Å². The normalized spacial score (nSPS) is 14.1. The molecule has 4 heteroatoms. The molecule has 4 nitrogen and oxygen atoms in total. The molecule has 3 heterocycles. The largest absolute Gasteiger partial charge is 0.453 e. The van der Waals surface area contributed by atoms with Gasteiger partial charge in [-0.2, -0.15) is 0 Å².